The Morgan fingerprint density at radius 1 is 1.22 bits per heavy atom. The Balaban J connectivity index is 2.04. The number of hydrogen-bond acceptors (Lipinski definition) is 3. The first kappa shape index (κ1) is 12.8. The molecule has 0 aliphatic heterocycles. The van der Waals surface area contributed by atoms with Crippen molar-refractivity contribution in [3.8, 4) is 0 Å². The molecule has 0 saturated carbocycles. The Bertz CT molecular complexity index is 501. The summed E-state index contributed by atoms with van der Waals surface area (Å²) >= 11 is 0. The first-order valence-electron chi connectivity index (χ1n) is 6.25. The Labute approximate surface area is 108 Å². The van der Waals surface area contributed by atoms with Gasteiger partial charge in [0.2, 0.25) is 0 Å². The summed E-state index contributed by atoms with van der Waals surface area (Å²) in [6.07, 6.45) is 0. The molecule has 1 heterocycles. The summed E-state index contributed by atoms with van der Waals surface area (Å²) < 4.78 is 5.25. The molecule has 0 amide bonds. The van der Waals surface area contributed by atoms with Crippen LogP contribution in [0.1, 0.15) is 35.5 Å². The van der Waals surface area contributed by atoms with Gasteiger partial charge in [-0.1, -0.05) is 35.0 Å². The van der Waals surface area contributed by atoms with Crippen molar-refractivity contribution in [3.05, 3.63) is 52.9 Å². The summed E-state index contributed by atoms with van der Waals surface area (Å²) in [6.45, 7) is 7.02. The zero-order valence-electron chi connectivity index (χ0n) is 11.5. The lowest BCUT2D eigenvalue weighted by molar-refractivity contribution is 0.220. The van der Waals surface area contributed by atoms with Crippen molar-refractivity contribution in [2.45, 2.75) is 33.4 Å². The predicted octanol–water partition coefficient (Wildman–Crippen LogP) is 3.48. The highest BCUT2D eigenvalue weighted by Crippen LogP contribution is 2.21. The average molecular weight is 244 g/mol. The topological polar surface area (TPSA) is 29.3 Å². The molecule has 1 aromatic heterocycles. The minimum absolute atomic E-state index is 0.357. The molecule has 0 spiro atoms. The second-order valence-electron chi connectivity index (χ2n) is 4.94. The van der Waals surface area contributed by atoms with Crippen LogP contribution in [0.5, 0.6) is 0 Å². The number of aryl methyl sites for hydroxylation is 2. The van der Waals surface area contributed by atoms with E-state index in [9.17, 15) is 0 Å². The van der Waals surface area contributed by atoms with E-state index >= 15 is 0 Å². The van der Waals surface area contributed by atoms with Crippen LogP contribution in [-0.4, -0.2) is 17.1 Å². The van der Waals surface area contributed by atoms with Crippen LogP contribution in [0.15, 0.2) is 34.9 Å². The molecule has 0 aliphatic rings. The van der Waals surface area contributed by atoms with Gasteiger partial charge in [-0.05, 0) is 33.4 Å². The molecular formula is C15H20N2O. The van der Waals surface area contributed by atoms with Gasteiger partial charge in [-0.15, -0.1) is 0 Å². The Morgan fingerprint density at radius 2 is 1.89 bits per heavy atom. The average Bonchev–Trinajstić information content (AvgIpc) is 2.75. The Morgan fingerprint density at radius 3 is 2.44 bits per heavy atom. The third-order valence-corrected chi connectivity index (χ3v) is 3.30. The summed E-state index contributed by atoms with van der Waals surface area (Å²) in [5, 5.41) is 3.91. The minimum atomic E-state index is 0.357. The summed E-state index contributed by atoms with van der Waals surface area (Å²) in [5.74, 6) is 0.911. The molecule has 3 heteroatoms. The van der Waals surface area contributed by atoms with Crippen molar-refractivity contribution in [2.24, 2.45) is 0 Å². The largest absolute Gasteiger partial charge is 0.360 e. The number of aromatic nitrogens is 1. The molecule has 2 rings (SSSR count). The Kier molecular flexibility index (Phi) is 3.82. The van der Waals surface area contributed by atoms with Crippen molar-refractivity contribution in [1.82, 2.24) is 10.1 Å². The molecule has 0 radical (unpaired) electrons. The highest BCUT2D eigenvalue weighted by Gasteiger charge is 2.13. The standard InChI is InChI=1S/C15H20N2O/c1-11-5-7-14(8-6-11)13(3)17(4)10-15-9-12(2)16-18-15/h5-9,13H,10H2,1-4H3/t13-/m0/s1. The van der Waals surface area contributed by atoms with Gasteiger partial charge in [0.05, 0.1) is 12.2 Å². The molecule has 0 bridgehead atoms. The molecule has 0 aliphatic carbocycles. The van der Waals surface area contributed by atoms with Gasteiger partial charge in [0.1, 0.15) is 0 Å². The minimum Gasteiger partial charge on any atom is -0.360 e. The van der Waals surface area contributed by atoms with Gasteiger partial charge in [0, 0.05) is 12.1 Å². The summed E-state index contributed by atoms with van der Waals surface area (Å²) in [6, 6.07) is 11.0. The molecule has 18 heavy (non-hydrogen) atoms. The van der Waals surface area contributed by atoms with E-state index in [-0.39, 0.29) is 0 Å². The smallest absolute Gasteiger partial charge is 0.150 e. The van der Waals surface area contributed by atoms with E-state index < -0.39 is 0 Å². The first-order chi connectivity index (χ1) is 8.56. The quantitative estimate of drug-likeness (QED) is 0.824. The zero-order chi connectivity index (χ0) is 13.1. The summed E-state index contributed by atoms with van der Waals surface area (Å²) in [4.78, 5) is 2.25. The molecule has 1 aromatic carbocycles. The number of hydrogen-bond donors (Lipinski definition) is 0. The van der Waals surface area contributed by atoms with E-state index in [0.29, 0.717) is 6.04 Å². The van der Waals surface area contributed by atoms with Crippen molar-refractivity contribution >= 4 is 0 Å². The third kappa shape index (κ3) is 2.99. The Hall–Kier alpha value is -1.61. The van der Waals surface area contributed by atoms with Crippen LogP contribution in [0.25, 0.3) is 0 Å². The maximum absolute atomic E-state index is 5.25. The zero-order valence-corrected chi connectivity index (χ0v) is 11.5. The lowest BCUT2D eigenvalue weighted by Gasteiger charge is -2.23. The molecule has 96 valence electrons. The van der Waals surface area contributed by atoms with E-state index in [1.54, 1.807) is 0 Å². The van der Waals surface area contributed by atoms with Crippen molar-refractivity contribution in [2.75, 3.05) is 7.05 Å². The first-order valence-corrected chi connectivity index (χ1v) is 6.25. The summed E-state index contributed by atoms with van der Waals surface area (Å²) in [5.41, 5.74) is 3.54. The van der Waals surface area contributed by atoms with Gasteiger partial charge in [-0.25, -0.2) is 0 Å². The second kappa shape index (κ2) is 5.36. The normalized spacial score (nSPS) is 12.9. The van der Waals surface area contributed by atoms with Gasteiger partial charge in [0.15, 0.2) is 5.76 Å². The van der Waals surface area contributed by atoms with Crippen LogP contribution in [0, 0.1) is 13.8 Å². The lowest BCUT2D eigenvalue weighted by atomic mass is 10.1. The maximum Gasteiger partial charge on any atom is 0.150 e. The number of rotatable bonds is 4. The van der Waals surface area contributed by atoms with Crippen LogP contribution in [0.3, 0.4) is 0 Å². The second-order valence-corrected chi connectivity index (χ2v) is 4.94. The van der Waals surface area contributed by atoms with E-state index in [1.807, 2.05) is 13.0 Å². The fourth-order valence-corrected chi connectivity index (χ4v) is 1.97. The molecule has 0 N–H and O–H groups in total. The van der Waals surface area contributed by atoms with Crippen LogP contribution in [0.2, 0.25) is 0 Å². The van der Waals surface area contributed by atoms with Gasteiger partial charge in [0.25, 0.3) is 0 Å². The molecule has 3 nitrogen and oxygen atoms in total. The van der Waals surface area contributed by atoms with Crippen LogP contribution >= 0.6 is 0 Å². The molecule has 0 saturated heterocycles. The van der Waals surface area contributed by atoms with Gasteiger partial charge in [-0.3, -0.25) is 4.90 Å². The predicted molar refractivity (Wildman–Crippen MR) is 72.3 cm³/mol. The molecular weight excluding hydrogens is 224 g/mol. The highest BCUT2D eigenvalue weighted by molar-refractivity contribution is 5.23. The van der Waals surface area contributed by atoms with E-state index in [0.717, 1.165) is 18.0 Å². The van der Waals surface area contributed by atoms with E-state index in [2.05, 4.69) is 55.2 Å². The fraction of sp³-hybridized carbons (Fsp3) is 0.400. The maximum atomic E-state index is 5.25. The molecule has 2 aromatic rings. The summed E-state index contributed by atoms with van der Waals surface area (Å²) in [7, 11) is 2.10. The van der Waals surface area contributed by atoms with Gasteiger partial charge >= 0.3 is 0 Å². The monoisotopic (exact) mass is 244 g/mol. The highest BCUT2D eigenvalue weighted by atomic mass is 16.5. The van der Waals surface area contributed by atoms with Gasteiger partial charge in [-0.2, -0.15) is 0 Å². The molecule has 0 fully saturated rings. The number of benzene rings is 1. The van der Waals surface area contributed by atoms with Crippen molar-refractivity contribution in [1.29, 1.82) is 0 Å². The fourth-order valence-electron chi connectivity index (χ4n) is 1.97. The van der Waals surface area contributed by atoms with Crippen LogP contribution < -0.4 is 0 Å². The van der Waals surface area contributed by atoms with Crippen LogP contribution in [-0.2, 0) is 6.54 Å². The van der Waals surface area contributed by atoms with Crippen molar-refractivity contribution < 1.29 is 4.52 Å². The third-order valence-electron chi connectivity index (χ3n) is 3.30. The van der Waals surface area contributed by atoms with Gasteiger partial charge < -0.3 is 4.52 Å². The van der Waals surface area contributed by atoms with E-state index in [4.69, 9.17) is 4.52 Å². The SMILES string of the molecule is Cc1ccc([C@H](C)N(C)Cc2cc(C)no2)cc1. The van der Waals surface area contributed by atoms with E-state index in [1.165, 1.54) is 11.1 Å². The lowest BCUT2D eigenvalue weighted by Crippen LogP contribution is -2.21. The molecule has 0 unspecified atom stereocenters. The van der Waals surface area contributed by atoms with Crippen LogP contribution in [0.4, 0.5) is 0 Å². The van der Waals surface area contributed by atoms with Crippen molar-refractivity contribution in [3.63, 3.8) is 0 Å². The number of nitrogens with zero attached hydrogens (tertiary/aromatic N) is 2. The molecule has 1 atom stereocenters.